The molecule has 4 rings (SSSR count). The van der Waals surface area contributed by atoms with Crippen LogP contribution in [0.25, 0.3) is 22.6 Å². The summed E-state index contributed by atoms with van der Waals surface area (Å²) in [5.74, 6) is 0.146. The van der Waals surface area contributed by atoms with Crippen molar-refractivity contribution in [1.82, 2.24) is 4.98 Å². The second-order valence-electron chi connectivity index (χ2n) is 6.05. The lowest BCUT2D eigenvalue weighted by Crippen LogP contribution is -2.00. The van der Waals surface area contributed by atoms with Crippen LogP contribution in [-0.4, -0.2) is 24.3 Å². The van der Waals surface area contributed by atoms with Crippen LogP contribution < -0.4 is 0 Å². The molecule has 1 aromatic heterocycles. The molecule has 3 aromatic carbocycles. The number of benzene rings is 3. The van der Waals surface area contributed by atoms with E-state index in [0.29, 0.717) is 27.6 Å². The molecule has 1 heterocycles. The van der Waals surface area contributed by atoms with Crippen LogP contribution in [0.15, 0.2) is 76.1 Å². The van der Waals surface area contributed by atoms with Crippen LogP contribution in [0.2, 0.25) is 5.02 Å². The molecule has 0 saturated carbocycles. The minimum atomic E-state index is -0.365. The van der Waals surface area contributed by atoms with Gasteiger partial charge in [0, 0.05) is 16.8 Å². The Balaban J connectivity index is 1.57. The number of hydrogen-bond acceptors (Lipinski definition) is 5. The van der Waals surface area contributed by atoms with Crippen molar-refractivity contribution in [2.75, 3.05) is 7.11 Å². The van der Waals surface area contributed by atoms with E-state index in [2.05, 4.69) is 9.98 Å². The molecule has 0 N–H and O–H groups in total. The van der Waals surface area contributed by atoms with Crippen LogP contribution in [-0.2, 0) is 4.74 Å². The topological polar surface area (TPSA) is 64.7 Å². The van der Waals surface area contributed by atoms with Gasteiger partial charge in [-0.15, -0.1) is 0 Å². The number of halogens is 1. The van der Waals surface area contributed by atoms with Crippen molar-refractivity contribution >= 4 is 40.6 Å². The summed E-state index contributed by atoms with van der Waals surface area (Å²) in [4.78, 5) is 20.5. The maximum Gasteiger partial charge on any atom is 0.337 e. The number of aromatic nitrogens is 1. The molecule has 138 valence electrons. The Bertz CT molecular complexity index is 1180. The first-order chi connectivity index (χ1) is 13.6. The Kier molecular flexibility index (Phi) is 4.91. The molecule has 0 aliphatic heterocycles. The number of carbonyl (C=O) groups excluding carboxylic acids is 1. The van der Waals surface area contributed by atoms with E-state index in [1.54, 1.807) is 24.4 Å². The molecule has 0 amide bonds. The predicted molar refractivity (Wildman–Crippen MR) is 109 cm³/mol. The van der Waals surface area contributed by atoms with E-state index in [-0.39, 0.29) is 5.97 Å². The molecule has 0 unspecified atom stereocenters. The van der Waals surface area contributed by atoms with E-state index in [1.165, 1.54) is 7.11 Å². The van der Waals surface area contributed by atoms with Gasteiger partial charge >= 0.3 is 5.97 Å². The van der Waals surface area contributed by atoms with Gasteiger partial charge in [0.05, 0.1) is 18.4 Å². The van der Waals surface area contributed by atoms with Crippen LogP contribution in [0.4, 0.5) is 5.69 Å². The Morgan fingerprint density at radius 2 is 1.93 bits per heavy atom. The quantitative estimate of drug-likeness (QED) is 0.332. The van der Waals surface area contributed by atoms with Gasteiger partial charge in [0.15, 0.2) is 5.58 Å². The number of oxazole rings is 1. The van der Waals surface area contributed by atoms with Gasteiger partial charge in [0.1, 0.15) is 5.52 Å². The molecule has 0 saturated heterocycles. The van der Waals surface area contributed by atoms with Crippen LogP contribution in [0.1, 0.15) is 15.9 Å². The summed E-state index contributed by atoms with van der Waals surface area (Å²) >= 11 is 6.04. The number of ether oxygens (including phenoxy) is 1. The molecule has 5 nitrogen and oxygen atoms in total. The molecule has 4 aromatic rings. The monoisotopic (exact) mass is 390 g/mol. The highest BCUT2D eigenvalue weighted by molar-refractivity contribution is 6.30. The molecule has 6 heteroatoms. The summed E-state index contributed by atoms with van der Waals surface area (Å²) < 4.78 is 10.5. The summed E-state index contributed by atoms with van der Waals surface area (Å²) in [6.45, 7) is 0. The first-order valence-electron chi connectivity index (χ1n) is 8.51. The summed E-state index contributed by atoms with van der Waals surface area (Å²) in [6, 6.07) is 19.9. The lowest BCUT2D eigenvalue weighted by molar-refractivity contribution is 0.0600. The lowest BCUT2D eigenvalue weighted by Gasteiger charge is -1.99. The highest BCUT2D eigenvalue weighted by Gasteiger charge is 2.09. The average molecular weight is 391 g/mol. The fourth-order valence-corrected chi connectivity index (χ4v) is 2.90. The Labute approximate surface area is 166 Å². The standard InChI is InChI=1S/C22H15ClN2O3/c1-27-22(26)15-7-5-14(6-8-15)13-24-18-9-10-20-19(12-18)25-21(28-20)16-3-2-4-17(23)11-16/h2-13H,1H3. The second kappa shape index (κ2) is 7.66. The number of methoxy groups -OCH3 is 1. The van der Waals surface area contributed by atoms with Crippen molar-refractivity contribution in [2.45, 2.75) is 0 Å². The number of rotatable bonds is 4. The van der Waals surface area contributed by atoms with E-state index >= 15 is 0 Å². The molecular formula is C22H15ClN2O3. The largest absolute Gasteiger partial charge is 0.465 e. The number of nitrogens with zero attached hydrogens (tertiary/aromatic N) is 2. The van der Waals surface area contributed by atoms with Gasteiger partial charge in [-0.05, 0) is 54.1 Å². The van der Waals surface area contributed by atoms with E-state index in [1.807, 2.05) is 48.5 Å². The molecule has 0 aliphatic rings. The van der Waals surface area contributed by atoms with Gasteiger partial charge in [-0.1, -0.05) is 29.8 Å². The molecular weight excluding hydrogens is 376 g/mol. The van der Waals surface area contributed by atoms with Crippen molar-refractivity contribution in [3.05, 3.63) is 82.9 Å². The third-order valence-electron chi connectivity index (χ3n) is 4.14. The van der Waals surface area contributed by atoms with Gasteiger partial charge in [0.25, 0.3) is 0 Å². The summed E-state index contributed by atoms with van der Waals surface area (Å²) in [7, 11) is 1.36. The zero-order chi connectivity index (χ0) is 19.5. The van der Waals surface area contributed by atoms with Crippen molar-refractivity contribution in [2.24, 2.45) is 4.99 Å². The minimum absolute atomic E-state index is 0.365. The summed E-state index contributed by atoms with van der Waals surface area (Å²) in [5, 5.41) is 0.628. The number of carbonyl (C=O) groups is 1. The molecule has 0 fully saturated rings. The van der Waals surface area contributed by atoms with Crippen molar-refractivity contribution < 1.29 is 13.9 Å². The normalized spacial score (nSPS) is 11.2. The molecule has 0 aliphatic carbocycles. The Morgan fingerprint density at radius 1 is 1.11 bits per heavy atom. The second-order valence-corrected chi connectivity index (χ2v) is 6.49. The van der Waals surface area contributed by atoms with Gasteiger partial charge in [-0.2, -0.15) is 0 Å². The number of hydrogen-bond donors (Lipinski definition) is 0. The van der Waals surface area contributed by atoms with Gasteiger partial charge < -0.3 is 9.15 Å². The summed E-state index contributed by atoms with van der Waals surface area (Å²) in [6.07, 6.45) is 1.72. The predicted octanol–water partition coefficient (Wildman–Crippen LogP) is 5.69. The third kappa shape index (κ3) is 3.80. The van der Waals surface area contributed by atoms with Crippen LogP contribution in [0, 0.1) is 0 Å². The molecule has 0 atom stereocenters. The number of fused-ring (bicyclic) bond motifs is 1. The SMILES string of the molecule is COC(=O)c1ccc(C=Nc2ccc3oc(-c4cccc(Cl)c4)nc3c2)cc1. The average Bonchev–Trinajstić information content (AvgIpc) is 3.15. The van der Waals surface area contributed by atoms with Crippen molar-refractivity contribution in [3.63, 3.8) is 0 Å². The molecule has 0 bridgehead atoms. The third-order valence-corrected chi connectivity index (χ3v) is 4.37. The fourth-order valence-electron chi connectivity index (χ4n) is 2.71. The van der Waals surface area contributed by atoms with E-state index in [9.17, 15) is 4.79 Å². The fraction of sp³-hybridized carbons (Fsp3) is 0.0455. The van der Waals surface area contributed by atoms with Gasteiger partial charge in [-0.3, -0.25) is 4.99 Å². The zero-order valence-corrected chi connectivity index (χ0v) is 15.7. The van der Waals surface area contributed by atoms with Crippen molar-refractivity contribution in [3.8, 4) is 11.5 Å². The van der Waals surface area contributed by atoms with Gasteiger partial charge in [0.2, 0.25) is 5.89 Å². The summed E-state index contributed by atoms with van der Waals surface area (Å²) in [5.41, 5.74) is 4.32. The minimum Gasteiger partial charge on any atom is -0.465 e. The first-order valence-corrected chi connectivity index (χ1v) is 8.89. The maximum atomic E-state index is 11.5. The number of esters is 1. The molecule has 28 heavy (non-hydrogen) atoms. The maximum absolute atomic E-state index is 11.5. The number of aliphatic imine (C=N–C) groups is 1. The lowest BCUT2D eigenvalue weighted by atomic mass is 10.1. The Hall–Kier alpha value is -3.44. The smallest absolute Gasteiger partial charge is 0.337 e. The zero-order valence-electron chi connectivity index (χ0n) is 14.9. The Morgan fingerprint density at radius 3 is 2.68 bits per heavy atom. The van der Waals surface area contributed by atoms with E-state index < -0.39 is 0 Å². The van der Waals surface area contributed by atoms with Gasteiger partial charge in [-0.25, -0.2) is 9.78 Å². The van der Waals surface area contributed by atoms with Crippen LogP contribution >= 0.6 is 11.6 Å². The molecule has 0 spiro atoms. The van der Waals surface area contributed by atoms with E-state index in [4.69, 9.17) is 20.8 Å². The highest BCUT2D eigenvalue weighted by Crippen LogP contribution is 2.28. The first kappa shape index (κ1) is 17.9. The van der Waals surface area contributed by atoms with Crippen LogP contribution in [0.3, 0.4) is 0 Å². The van der Waals surface area contributed by atoms with Crippen molar-refractivity contribution in [1.29, 1.82) is 0 Å². The van der Waals surface area contributed by atoms with E-state index in [0.717, 1.165) is 16.8 Å². The molecule has 0 radical (unpaired) electrons. The van der Waals surface area contributed by atoms with Crippen LogP contribution in [0.5, 0.6) is 0 Å². The highest BCUT2D eigenvalue weighted by atomic mass is 35.5.